The molecule has 0 aliphatic heterocycles. The summed E-state index contributed by atoms with van der Waals surface area (Å²) in [5.41, 5.74) is 1.58. The molecule has 1 N–H and O–H groups in total. The highest BCUT2D eigenvalue weighted by atomic mass is 16.4. The van der Waals surface area contributed by atoms with Crippen LogP contribution in [-0.4, -0.2) is 16.9 Å². The fourth-order valence-electron chi connectivity index (χ4n) is 6.97. The lowest BCUT2D eigenvalue weighted by Crippen LogP contribution is -2.51. The summed E-state index contributed by atoms with van der Waals surface area (Å²) in [4.78, 5) is 23.5. The number of aliphatic carboxylic acids is 1. The van der Waals surface area contributed by atoms with Crippen LogP contribution in [-0.2, 0) is 9.59 Å². The largest absolute Gasteiger partial charge is 0.481 e. The van der Waals surface area contributed by atoms with Crippen LogP contribution < -0.4 is 0 Å². The molecule has 0 radical (unpaired) electrons. The van der Waals surface area contributed by atoms with E-state index in [4.69, 9.17) is 0 Å². The van der Waals surface area contributed by atoms with Crippen molar-refractivity contribution in [3.8, 4) is 0 Å². The summed E-state index contributed by atoms with van der Waals surface area (Å²) in [6, 6.07) is 0. The lowest BCUT2D eigenvalue weighted by molar-refractivity contribution is -0.149. The van der Waals surface area contributed by atoms with E-state index in [1.807, 2.05) is 6.08 Å². The predicted molar refractivity (Wildman–Crippen MR) is 87.8 cm³/mol. The zero-order chi connectivity index (χ0) is 16.4. The molecular weight excluding hydrogens is 288 g/mol. The lowest BCUT2D eigenvalue weighted by Gasteiger charge is -2.57. The van der Waals surface area contributed by atoms with Crippen LogP contribution in [0.2, 0.25) is 0 Å². The molecule has 0 aromatic heterocycles. The zero-order valence-electron chi connectivity index (χ0n) is 14.3. The molecule has 6 atom stereocenters. The van der Waals surface area contributed by atoms with Crippen LogP contribution in [0.1, 0.15) is 65.2 Å². The molecule has 3 heteroatoms. The van der Waals surface area contributed by atoms with Crippen LogP contribution in [0.5, 0.6) is 0 Å². The standard InChI is InChI=1S/C20H28O3/c1-19-9-7-13(21)11-12(19)3-4-14-15-5-6-17(18(22)23)20(15,2)10-8-16(14)19/h11,14-17H,3-10H2,1-2H3,(H,22,23)/t14-,15+,16+,17-,19+,20+/m1/s1. The van der Waals surface area contributed by atoms with Gasteiger partial charge in [-0.2, -0.15) is 0 Å². The fraction of sp³-hybridized carbons (Fsp3) is 0.800. The van der Waals surface area contributed by atoms with Crippen molar-refractivity contribution in [1.29, 1.82) is 0 Å². The van der Waals surface area contributed by atoms with E-state index in [9.17, 15) is 14.7 Å². The molecular formula is C20H28O3. The Balaban J connectivity index is 1.67. The van der Waals surface area contributed by atoms with Crippen molar-refractivity contribution in [1.82, 2.24) is 0 Å². The Morgan fingerprint density at radius 3 is 2.61 bits per heavy atom. The molecule has 23 heavy (non-hydrogen) atoms. The molecule has 4 rings (SSSR count). The third-order valence-electron chi connectivity index (χ3n) is 8.26. The average molecular weight is 316 g/mol. The van der Waals surface area contributed by atoms with Crippen LogP contribution in [0.4, 0.5) is 0 Å². The van der Waals surface area contributed by atoms with Gasteiger partial charge in [-0.15, -0.1) is 0 Å². The molecule has 0 heterocycles. The molecule has 0 amide bonds. The van der Waals surface area contributed by atoms with E-state index < -0.39 is 5.97 Å². The Bertz CT molecular complexity index is 592. The van der Waals surface area contributed by atoms with Crippen LogP contribution >= 0.6 is 0 Å². The maximum Gasteiger partial charge on any atom is 0.307 e. The number of fused-ring (bicyclic) bond motifs is 5. The normalized spacial score (nSPS) is 49.0. The molecule has 3 fully saturated rings. The number of rotatable bonds is 1. The van der Waals surface area contributed by atoms with Gasteiger partial charge in [-0.05, 0) is 79.6 Å². The highest BCUT2D eigenvalue weighted by Gasteiger charge is 2.60. The first-order valence-electron chi connectivity index (χ1n) is 9.33. The first-order chi connectivity index (χ1) is 10.9. The Hall–Kier alpha value is -1.12. The molecule has 3 saturated carbocycles. The summed E-state index contributed by atoms with van der Waals surface area (Å²) < 4.78 is 0. The van der Waals surface area contributed by atoms with Crippen molar-refractivity contribution in [3.63, 3.8) is 0 Å². The number of hydrogen-bond acceptors (Lipinski definition) is 2. The van der Waals surface area contributed by atoms with Gasteiger partial charge in [0.1, 0.15) is 0 Å². The molecule has 0 saturated heterocycles. The van der Waals surface area contributed by atoms with Crippen molar-refractivity contribution in [3.05, 3.63) is 11.6 Å². The van der Waals surface area contributed by atoms with Crippen LogP contribution in [0.15, 0.2) is 11.6 Å². The van der Waals surface area contributed by atoms with E-state index >= 15 is 0 Å². The maximum absolute atomic E-state index is 11.8. The van der Waals surface area contributed by atoms with Crippen molar-refractivity contribution in [2.75, 3.05) is 0 Å². The Kier molecular flexibility index (Phi) is 3.31. The smallest absolute Gasteiger partial charge is 0.307 e. The highest BCUT2D eigenvalue weighted by Crippen LogP contribution is 2.66. The third-order valence-corrected chi connectivity index (χ3v) is 8.26. The van der Waals surface area contributed by atoms with E-state index in [-0.39, 0.29) is 16.7 Å². The van der Waals surface area contributed by atoms with Crippen molar-refractivity contribution in [2.45, 2.75) is 65.2 Å². The zero-order valence-corrected chi connectivity index (χ0v) is 14.3. The van der Waals surface area contributed by atoms with Crippen LogP contribution in [0.25, 0.3) is 0 Å². The van der Waals surface area contributed by atoms with Crippen molar-refractivity contribution in [2.24, 2.45) is 34.5 Å². The van der Waals surface area contributed by atoms with Gasteiger partial charge in [0, 0.05) is 6.42 Å². The second-order valence-electron chi connectivity index (χ2n) is 8.98. The first-order valence-corrected chi connectivity index (χ1v) is 9.33. The predicted octanol–water partition coefficient (Wildman–Crippen LogP) is 4.22. The number of carboxylic acids is 1. The van der Waals surface area contributed by atoms with Gasteiger partial charge in [0.05, 0.1) is 5.92 Å². The minimum Gasteiger partial charge on any atom is -0.481 e. The van der Waals surface area contributed by atoms with Gasteiger partial charge in [-0.3, -0.25) is 9.59 Å². The quantitative estimate of drug-likeness (QED) is 0.788. The molecule has 0 aromatic carbocycles. The Morgan fingerprint density at radius 1 is 1.09 bits per heavy atom. The number of ketones is 1. The molecule has 0 bridgehead atoms. The molecule has 3 nitrogen and oxygen atoms in total. The second-order valence-corrected chi connectivity index (χ2v) is 8.98. The first kappa shape index (κ1) is 15.4. The third kappa shape index (κ3) is 2.01. The summed E-state index contributed by atoms with van der Waals surface area (Å²) in [7, 11) is 0. The van der Waals surface area contributed by atoms with Crippen molar-refractivity contribution >= 4 is 11.8 Å². The number of carboxylic acid groups (broad SMARTS) is 1. The molecule has 0 aromatic rings. The summed E-state index contributed by atoms with van der Waals surface area (Å²) in [6.07, 6.45) is 9.99. The van der Waals surface area contributed by atoms with Gasteiger partial charge in [0.25, 0.3) is 0 Å². The van der Waals surface area contributed by atoms with Gasteiger partial charge >= 0.3 is 5.97 Å². The van der Waals surface area contributed by atoms with Gasteiger partial charge in [-0.25, -0.2) is 0 Å². The molecule has 4 aliphatic rings. The topological polar surface area (TPSA) is 54.4 Å². The van der Waals surface area contributed by atoms with Gasteiger partial charge < -0.3 is 5.11 Å². The van der Waals surface area contributed by atoms with Gasteiger partial charge in [0.2, 0.25) is 0 Å². The van der Waals surface area contributed by atoms with Crippen LogP contribution in [0.3, 0.4) is 0 Å². The van der Waals surface area contributed by atoms with Crippen LogP contribution in [0, 0.1) is 34.5 Å². The fourth-order valence-corrected chi connectivity index (χ4v) is 6.97. The minimum atomic E-state index is -0.584. The summed E-state index contributed by atoms with van der Waals surface area (Å²) >= 11 is 0. The number of carbonyl (C=O) groups is 2. The molecule has 0 unspecified atom stereocenters. The second kappa shape index (κ2) is 4.94. The van der Waals surface area contributed by atoms with E-state index in [2.05, 4.69) is 13.8 Å². The van der Waals surface area contributed by atoms with E-state index in [0.717, 1.165) is 44.9 Å². The number of allylic oxidation sites excluding steroid dienone is 1. The molecule has 0 spiro atoms. The van der Waals surface area contributed by atoms with E-state index in [1.165, 1.54) is 5.57 Å². The van der Waals surface area contributed by atoms with Gasteiger partial charge in [-0.1, -0.05) is 19.4 Å². The number of hydrogen-bond donors (Lipinski definition) is 1. The Labute approximate surface area is 138 Å². The summed E-state index contributed by atoms with van der Waals surface area (Å²) in [6.45, 7) is 4.63. The Morgan fingerprint density at radius 2 is 1.87 bits per heavy atom. The van der Waals surface area contributed by atoms with Crippen molar-refractivity contribution < 1.29 is 14.7 Å². The SMILES string of the molecule is C[C@]12CC[C@H]3[C@H](CCC4=CC(=O)CC[C@@]43C)[C@@H]1CC[C@@H]2C(=O)O. The highest BCUT2D eigenvalue weighted by molar-refractivity contribution is 5.91. The molecule has 4 aliphatic carbocycles. The van der Waals surface area contributed by atoms with E-state index in [0.29, 0.717) is 30.0 Å². The average Bonchev–Trinajstić information content (AvgIpc) is 2.85. The minimum absolute atomic E-state index is 0.00490. The lowest BCUT2D eigenvalue weighted by atomic mass is 9.47. The number of carbonyl (C=O) groups excluding carboxylic acids is 1. The molecule has 126 valence electrons. The maximum atomic E-state index is 11.8. The summed E-state index contributed by atoms with van der Waals surface area (Å²) in [5.74, 6) is 1.46. The monoisotopic (exact) mass is 316 g/mol. The van der Waals surface area contributed by atoms with E-state index in [1.54, 1.807) is 0 Å². The summed E-state index contributed by atoms with van der Waals surface area (Å²) in [5, 5.41) is 9.63. The van der Waals surface area contributed by atoms with Gasteiger partial charge in [0.15, 0.2) is 5.78 Å².